The summed E-state index contributed by atoms with van der Waals surface area (Å²) in [6.45, 7) is 0. The Hall–Kier alpha value is -1.28. The van der Waals surface area contributed by atoms with E-state index in [4.69, 9.17) is 16.9 Å². The lowest BCUT2D eigenvalue weighted by Crippen LogP contribution is -1.99. The van der Waals surface area contributed by atoms with Gasteiger partial charge in [0.1, 0.15) is 5.69 Å². The molecule has 0 aliphatic rings. The molecule has 0 aliphatic carbocycles. The Balaban J connectivity index is 3.19. The molecule has 0 unspecified atom stereocenters. The zero-order valence-corrected chi connectivity index (χ0v) is 7.52. The van der Waals surface area contributed by atoms with Gasteiger partial charge in [0.15, 0.2) is 0 Å². The summed E-state index contributed by atoms with van der Waals surface area (Å²) < 4.78 is 37.2. The number of nitriles is 1. The third-order valence-corrected chi connectivity index (χ3v) is 1.86. The molecule has 0 spiro atoms. The first-order valence-corrected chi connectivity index (χ1v) is 3.94. The fraction of sp³-hybridized carbons (Fsp3) is 0.250. The first-order valence-electron chi connectivity index (χ1n) is 3.56. The third kappa shape index (κ3) is 2.15. The largest absolute Gasteiger partial charge is 0.280 e. The van der Waals surface area contributed by atoms with E-state index in [1.807, 2.05) is 0 Å². The summed E-state index contributed by atoms with van der Waals surface area (Å²) in [5.74, 6) is -1.12. The Morgan fingerprint density at radius 3 is 2.64 bits per heavy atom. The smallest absolute Gasteiger partial charge is 0.218 e. The maximum absolute atomic E-state index is 13.0. The molecular weight excluding hydrogens is 217 g/mol. The molecule has 0 aliphatic heterocycles. The zero-order valence-electron chi connectivity index (χ0n) is 6.77. The van der Waals surface area contributed by atoms with Crippen molar-refractivity contribution in [2.24, 2.45) is 0 Å². The van der Waals surface area contributed by atoms with Crippen molar-refractivity contribution in [2.45, 2.75) is 12.8 Å². The molecule has 0 bridgehead atoms. The predicted octanol–water partition coefficient (Wildman–Crippen LogP) is 2.88. The van der Waals surface area contributed by atoms with Crippen LogP contribution in [0, 0.1) is 17.3 Å². The molecule has 74 valence electrons. The van der Waals surface area contributed by atoms with Gasteiger partial charge < -0.3 is 0 Å². The second-order valence-electron chi connectivity index (χ2n) is 2.43. The Kier molecular flexibility index (Phi) is 3.31. The molecule has 2 nitrogen and oxygen atoms in total. The van der Waals surface area contributed by atoms with E-state index in [1.165, 1.54) is 0 Å². The molecule has 0 radical (unpaired) electrons. The average Bonchev–Trinajstić information content (AvgIpc) is 2.10. The Labute approximate surface area is 82.9 Å². The fourth-order valence-electron chi connectivity index (χ4n) is 0.877. The number of aromatic nitrogens is 1. The molecule has 0 atom stereocenters. The summed E-state index contributed by atoms with van der Waals surface area (Å²) in [5.41, 5.74) is -0.882. The van der Waals surface area contributed by atoms with Crippen LogP contribution in [-0.4, -0.2) is 4.98 Å². The van der Waals surface area contributed by atoms with Gasteiger partial charge in [-0.2, -0.15) is 9.65 Å². The molecule has 6 heteroatoms. The first-order chi connectivity index (χ1) is 6.56. The van der Waals surface area contributed by atoms with Crippen LogP contribution in [0.15, 0.2) is 6.07 Å². The van der Waals surface area contributed by atoms with Crippen LogP contribution in [-0.2, 0) is 6.42 Å². The van der Waals surface area contributed by atoms with Crippen LogP contribution >= 0.6 is 11.6 Å². The van der Waals surface area contributed by atoms with E-state index in [0.29, 0.717) is 0 Å². The maximum atomic E-state index is 13.0. The summed E-state index contributed by atoms with van der Waals surface area (Å²) in [4.78, 5) is 3.00. The van der Waals surface area contributed by atoms with Crippen molar-refractivity contribution in [3.63, 3.8) is 0 Å². The van der Waals surface area contributed by atoms with Crippen LogP contribution in [0.1, 0.15) is 17.7 Å². The maximum Gasteiger partial charge on any atom is 0.280 e. The van der Waals surface area contributed by atoms with E-state index in [2.05, 4.69) is 4.98 Å². The SMILES string of the molecule is N#CCc1c(Cl)cc(C(F)F)nc1F. The second kappa shape index (κ2) is 4.29. The highest BCUT2D eigenvalue weighted by molar-refractivity contribution is 6.31. The minimum Gasteiger partial charge on any atom is -0.218 e. The molecule has 0 aromatic carbocycles. The summed E-state index contributed by atoms with van der Waals surface area (Å²) in [6, 6.07) is 2.53. The highest BCUT2D eigenvalue weighted by atomic mass is 35.5. The van der Waals surface area contributed by atoms with E-state index >= 15 is 0 Å². The summed E-state index contributed by atoms with van der Waals surface area (Å²) in [7, 11) is 0. The highest BCUT2D eigenvalue weighted by Crippen LogP contribution is 2.24. The van der Waals surface area contributed by atoms with Crippen LogP contribution in [0.25, 0.3) is 0 Å². The molecule has 0 saturated carbocycles. The van der Waals surface area contributed by atoms with E-state index in [9.17, 15) is 13.2 Å². The molecular formula is C8H4ClF3N2. The minimum atomic E-state index is -2.88. The van der Waals surface area contributed by atoms with Crippen LogP contribution < -0.4 is 0 Å². The second-order valence-corrected chi connectivity index (χ2v) is 2.84. The monoisotopic (exact) mass is 220 g/mol. The van der Waals surface area contributed by atoms with E-state index in [0.717, 1.165) is 6.07 Å². The van der Waals surface area contributed by atoms with Crippen molar-refractivity contribution in [1.29, 1.82) is 5.26 Å². The standard InChI is InChI=1S/C8H4ClF3N2/c9-5-3-6(7(10)11)14-8(12)4(5)1-2-13/h3,7H,1H2. The van der Waals surface area contributed by atoms with Crippen LogP contribution in [0.3, 0.4) is 0 Å². The van der Waals surface area contributed by atoms with Gasteiger partial charge in [0.2, 0.25) is 5.95 Å². The van der Waals surface area contributed by atoms with Gasteiger partial charge in [-0.05, 0) is 6.07 Å². The molecule has 0 fully saturated rings. The van der Waals surface area contributed by atoms with E-state index in [-0.39, 0.29) is 17.0 Å². The third-order valence-electron chi connectivity index (χ3n) is 1.52. The van der Waals surface area contributed by atoms with Gasteiger partial charge in [-0.25, -0.2) is 13.8 Å². The molecule has 0 saturated heterocycles. The summed E-state index contributed by atoms with van der Waals surface area (Å²) in [5, 5.41) is 8.10. The van der Waals surface area contributed by atoms with Crippen LogP contribution in [0.2, 0.25) is 5.02 Å². The Morgan fingerprint density at radius 1 is 1.57 bits per heavy atom. The van der Waals surface area contributed by atoms with Gasteiger partial charge >= 0.3 is 0 Å². The molecule has 0 N–H and O–H groups in total. The predicted molar refractivity (Wildman–Crippen MR) is 43.5 cm³/mol. The van der Waals surface area contributed by atoms with Gasteiger partial charge in [-0.15, -0.1) is 0 Å². The topological polar surface area (TPSA) is 36.7 Å². The zero-order chi connectivity index (χ0) is 10.7. The normalized spacial score (nSPS) is 10.3. The minimum absolute atomic E-state index is 0.154. The van der Waals surface area contributed by atoms with Crippen molar-refractivity contribution in [1.82, 2.24) is 4.98 Å². The lowest BCUT2D eigenvalue weighted by atomic mass is 10.2. The summed E-state index contributed by atoms with van der Waals surface area (Å²) in [6.07, 6.45) is -3.17. The number of rotatable bonds is 2. The van der Waals surface area contributed by atoms with Crippen molar-refractivity contribution in [3.8, 4) is 6.07 Å². The van der Waals surface area contributed by atoms with Crippen molar-refractivity contribution in [2.75, 3.05) is 0 Å². The molecule has 0 amide bonds. The molecule has 1 aromatic rings. The van der Waals surface area contributed by atoms with Crippen molar-refractivity contribution < 1.29 is 13.2 Å². The number of halogens is 4. The van der Waals surface area contributed by atoms with Gasteiger partial charge in [0.25, 0.3) is 6.43 Å². The fourth-order valence-corrected chi connectivity index (χ4v) is 1.13. The molecule has 14 heavy (non-hydrogen) atoms. The average molecular weight is 221 g/mol. The van der Waals surface area contributed by atoms with Crippen molar-refractivity contribution in [3.05, 3.63) is 28.3 Å². The van der Waals surface area contributed by atoms with Crippen LogP contribution in [0.4, 0.5) is 13.2 Å². The Morgan fingerprint density at radius 2 is 2.21 bits per heavy atom. The van der Waals surface area contributed by atoms with Gasteiger partial charge in [-0.1, -0.05) is 11.6 Å². The van der Waals surface area contributed by atoms with E-state index in [1.54, 1.807) is 6.07 Å². The van der Waals surface area contributed by atoms with Gasteiger partial charge in [0.05, 0.1) is 17.5 Å². The van der Waals surface area contributed by atoms with Crippen LogP contribution in [0.5, 0.6) is 0 Å². The lowest BCUT2D eigenvalue weighted by Gasteiger charge is -2.04. The molecule has 1 aromatic heterocycles. The quantitative estimate of drug-likeness (QED) is 0.719. The molecule has 1 heterocycles. The number of alkyl halides is 2. The summed E-state index contributed by atoms with van der Waals surface area (Å²) >= 11 is 5.49. The highest BCUT2D eigenvalue weighted by Gasteiger charge is 2.16. The number of nitrogens with zero attached hydrogens (tertiary/aromatic N) is 2. The number of pyridine rings is 1. The number of hydrogen-bond acceptors (Lipinski definition) is 2. The van der Waals surface area contributed by atoms with Gasteiger partial charge in [0, 0.05) is 5.56 Å². The first kappa shape index (κ1) is 10.8. The van der Waals surface area contributed by atoms with E-state index < -0.39 is 18.1 Å². The molecule has 1 rings (SSSR count). The Bertz CT molecular complexity index is 364. The lowest BCUT2D eigenvalue weighted by molar-refractivity contribution is 0.144. The number of hydrogen-bond donors (Lipinski definition) is 0. The van der Waals surface area contributed by atoms with Gasteiger partial charge in [-0.3, -0.25) is 0 Å². The van der Waals surface area contributed by atoms with Crippen molar-refractivity contribution >= 4 is 11.6 Å².